The Hall–Kier alpha value is -2.16. The van der Waals surface area contributed by atoms with Crippen LogP contribution in [-0.2, 0) is 9.59 Å². The van der Waals surface area contributed by atoms with Crippen molar-refractivity contribution in [1.29, 1.82) is 0 Å². The summed E-state index contributed by atoms with van der Waals surface area (Å²) in [5.74, 6) is -0.136. The van der Waals surface area contributed by atoms with Crippen LogP contribution in [-0.4, -0.2) is 77.1 Å². The fraction of sp³-hybridized carbons (Fsp3) is 0.222. The molecule has 0 aliphatic carbocycles. The smallest absolute Gasteiger partial charge is 0.546 e. The van der Waals surface area contributed by atoms with Crippen LogP contribution in [0.2, 0.25) is 0 Å². The second-order valence-electron chi connectivity index (χ2n) is 4.67. The van der Waals surface area contributed by atoms with Crippen LogP contribution in [0.5, 0.6) is 23.0 Å². The van der Waals surface area contributed by atoms with Crippen molar-refractivity contribution in [2.45, 2.75) is 0 Å². The Morgan fingerprint density at radius 3 is 1.15 bits per heavy atom. The standard InChI is InChI=1S/2C9H10O4.Ca/c2*1-12-7-2-4-8(5-3-7)13-6-9(10)11;/h2*2-5H,6H2,1H3,(H,10,11);/q;;+2/p-2. The summed E-state index contributed by atoms with van der Waals surface area (Å²) in [5, 5.41) is 20.1. The molecule has 0 fully saturated rings. The second-order valence-corrected chi connectivity index (χ2v) is 4.67. The van der Waals surface area contributed by atoms with Gasteiger partial charge in [-0.15, -0.1) is 0 Å². The molecule has 0 aromatic heterocycles. The predicted molar refractivity (Wildman–Crippen MR) is 92.7 cm³/mol. The van der Waals surface area contributed by atoms with Gasteiger partial charge in [0.1, 0.15) is 36.2 Å². The zero-order valence-corrected chi connectivity index (χ0v) is 17.2. The average Bonchev–Trinajstić information content (AvgIpc) is 2.66. The molecule has 2 aromatic carbocycles. The van der Waals surface area contributed by atoms with Crippen molar-refractivity contribution in [3.05, 3.63) is 48.5 Å². The number of benzene rings is 2. The van der Waals surface area contributed by atoms with Gasteiger partial charge in [-0.1, -0.05) is 0 Å². The first-order valence-corrected chi connectivity index (χ1v) is 7.38. The summed E-state index contributed by atoms with van der Waals surface area (Å²) < 4.78 is 19.5. The van der Waals surface area contributed by atoms with Crippen LogP contribution in [0, 0.1) is 0 Å². The normalized spacial score (nSPS) is 8.96. The Bertz CT molecular complexity index is 624. The average molecular weight is 402 g/mol. The number of carbonyl (C=O) groups excluding carboxylic acids is 2. The molecule has 2 rings (SSSR count). The van der Waals surface area contributed by atoms with Crippen LogP contribution in [0.3, 0.4) is 0 Å². The van der Waals surface area contributed by atoms with Gasteiger partial charge >= 0.3 is 37.7 Å². The molecule has 8 nitrogen and oxygen atoms in total. The summed E-state index contributed by atoms with van der Waals surface area (Å²) in [6, 6.07) is 13.2. The van der Waals surface area contributed by atoms with Crippen LogP contribution in [0.25, 0.3) is 0 Å². The molecule has 0 saturated heterocycles. The van der Waals surface area contributed by atoms with Gasteiger partial charge in [-0.2, -0.15) is 0 Å². The second kappa shape index (κ2) is 14.0. The number of rotatable bonds is 8. The fourth-order valence-electron chi connectivity index (χ4n) is 1.63. The summed E-state index contributed by atoms with van der Waals surface area (Å²) in [6.07, 6.45) is 0. The van der Waals surface area contributed by atoms with Crippen LogP contribution < -0.4 is 29.2 Å². The van der Waals surface area contributed by atoms with Gasteiger partial charge in [0.2, 0.25) is 0 Å². The van der Waals surface area contributed by atoms with Gasteiger partial charge in [0.05, 0.1) is 26.2 Å². The van der Waals surface area contributed by atoms with Crippen LogP contribution in [0.4, 0.5) is 0 Å². The third kappa shape index (κ3) is 11.2. The molecule has 9 heteroatoms. The maximum Gasteiger partial charge on any atom is 2.00 e. The van der Waals surface area contributed by atoms with E-state index >= 15 is 0 Å². The van der Waals surface area contributed by atoms with Crippen molar-refractivity contribution < 1.29 is 38.7 Å². The molecule has 27 heavy (non-hydrogen) atoms. The van der Waals surface area contributed by atoms with Crippen molar-refractivity contribution >= 4 is 49.7 Å². The van der Waals surface area contributed by atoms with Crippen molar-refractivity contribution in [3.8, 4) is 23.0 Å². The molecule has 0 atom stereocenters. The Balaban J connectivity index is 0.000000483. The number of aliphatic carboxylic acids is 2. The van der Waals surface area contributed by atoms with Gasteiger partial charge in [-0.25, -0.2) is 0 Å². The predicted octanol–water partition coefficient (Wildman–Crippen LogP) is -0.733. The van der Waals surface area contributed by atoms with E-state index in [-0.39, 0.29) is 37.7 Å². The van der Waals surface area contributed by atoms with Crippen molar-refractivity contribution in [2.75, 3.05) is 27.4 Å². The van der Waals surface area contributed by atoms with E-state index in [9.17, 15) is 19.8 Å². The molecule has 0 aliphatic heterocycles. The minimum absolute atomic E-state index is 0. The van der Waals surface area contributed by atoms with Gasteiger partial charge < -0.3 is 38.7 Å². The van der Waals surface area contributed by atoms with Gasteiger partial charge in [0.25, 0.3) is 0 Å². The maximum absolute atomic E-state index is 10.0. The third-order valence-corrected chi connectivity index (χ3v) is 2.83. The number of hydrogen-bond donors (Lipinski definition) is 0. The van der Waals surface area contributed by atoms with E-state index in [4.69, 9.17) is 18.9 Å². The minimum atomic E-state index is -1.24. The maximum atomic E-state index is 10.0. The first-order chi connectivity index (χ1) is 12.4. The SMILES string of the molecule is COc1ccc(OCC(=O)[O-])cc1.COc1ccc(OCC(=O)[O-])cc1.[Ca+2]. The van der Waals surface area contributed by atoms with E-state index in [1.807, 2.05) is 0 Å². The third-order valence-electron chi connectivity index (χ3n) is 2.83. The topological polar surface area (TPSA) is 117 Å². The quantitative estimate of drug-likeness (QED) is 0.531. The number of ether oxygens (including phenoxy) is 4. The number of carbonyl (C=O) groups is 2. The van der Waals surface area contributed by atoms with Gasteiger partial charge in [0, 0.05) is 0 Å². The molecule has 0 amide bonds. The van der Waals surface area contributed by atoms with E-state index in [0.717, 1.165) is 0 Å². The number of carboxylic acid groups (broad SMARTS) is 2. The van der Waals surface area contributed by atoms with E-state index < -0.39 is 25.2 Å². The van der Waals surface area contributed by atoms with Crippen molar-refractivity contribution in [1.82, 2.24) is 0 Å². The van der Waals surface area contributed by atoms with E-state index in [2.05, 4.69) is 0 Å². The molecule has 0 saturated carbocycles. The van der Waals surface area contributed by atoms with E-state index in [0.29, 0.717) is 23.0 Å². The zero-order chi connectivity index (χ0) is 19.4. The monoisotopic (exact) mass is 402 g/mol. The number of methoxy groups -OCH3 is 2. The van der Waals surface area contributed by atoms with E-state index in [1.54, 1.807) is 62.8 Å². The van der Waals surface area contributed by atoms with Crippen molar-refractivity contribution in [3.63, 3.8) is 0 Å². The van der Waals surface area contributed by atoms with Crippen LogP contribution in [0.1, 0.15) is 0 Å². The molecule has 0 radical (unpaired) electrons. The van der Waals surface area contributed by atoms with Crippen molar-refractivity contribution in [2.24, 2.45) is 0 Å². The first kappa shape index (κ1) is 24.8. The number of hydrogen-bond acceptors (Lipinski definition) is 8. The Morgan fingerprint density at radius 2 is 0.926 bits per heavy atom. The van der Waals surface area contributed by atoms with Crippen LogP contribution in [0.15, 0.2) is 48.5 Å². The molecule has 0 N–H and O–H groups in total. The molecule has 2 aromatic rings. The Labute approximate surface area is 186 Å². The zero-order valence-electron chi connectivity index (χ0n) is 15.0. The summed E-state index contributed by atoms with van der Waals surface area (Å²) in [5.41, 5.74) is 0. The molecule has 0 spiro atoms. The van der Waals surface area contributed by atoms with Crippen LogP contribution >= 0.6 is 0 Å². The fourth-order valence-corrected chi connectivity index (χ4v) is 1.63. The van der Waals surface area contributed by atoms with Gasteiger partial charge in [-0.05, 0) is 48.5 Å². The molecule has 0 unspecified atom stereocenters. The summed E-state index contributed by atoms with van der Waals surface area (Å²) in [7, 11) is 3.11. The Morgan fingerprint density at radius 1 is 0.667 bits per heavy atom. The molecular formula is C18H18CaO8. The largest absolute Gasteiger partial charge is 2.00 e. The molecule has 140 valence electrons. The molecule has 0 aliphatic rings. The van der Waals surface area contributed by atoms with E-state index in [1.165, 1.54) is 0 Å². The number of carboxylic acids is 2. The summed E-state index contributed by atoms with van der Waals surface area (Å²) >= 11 is 0. The minimum Gasteiger partial charge on any atom is -0.546 e. The first-order valence-electron chi connectivity index (χ1n) is 7.38. The summed E-state index contributed by atoms with van der Waals surface area (Å²) in [6.45, 7) is -0.876. The molecular weight excluding hydrogens is 384 g/mol. The van der Waals surface area contributed by atoms with Gasteiger partial charge in [-0.3, -0.25) is 0 Å². The van der Waals surface area contributed by atoms with Gasteiger partial charge in [0.15, 0.2) is 0 Å². The Kier molecular flexibility index (Phi) is 12.8. The summed E-state index contributed by atoms with van der Waals surface area (Å²) in [4.78, 5) is 20.1. The molecule has 0 bridgehead atoms. The molecule has 0 heterocycles.